The standard InChI is InChI=1S/C24H30N2O6/c1-22(2,3)30-21(28)25-24(32-31-23(4,5)16-11-9-8-10-12-16)18-15-17(29-7)13-14-19(18)26(6)20(24)27/h8-15H,1-7H3,(H,25,28)/t24-/m0/s1. The molecule has 0 spiro atoms. The van der Waals surface area contributed by atoms with Gasteiger partial charge in [-0.25, -0.2) is 9.68 Å². The van der Waals surface area contributed by atoms with Crippen LogP contribution in [0.25, 0.3) is 0 Å². The van der Waals surface area contributed by atoms with Crippen molar-refractivity contribution in [2.45, 2.75) is 51.5 Å². The van der Waals surface area contributed by atoms with Crippen LogP contribution < -0.4 is 15.0 Å². The van der Waals surface area contributed by atoms with Crippen LogP contribution in [0.2, 0.25) is 0 Å². The third-order valence-electron chi connectivity index (χ3n) is 5.07. The summed E-state index contributed by atoms with van der Waals surface area (Å²) in [4.78, 5) is 39.3. The number of amides is 2. The van der Waals surface area contributed by atoms with Gasteiger partial charge in [0.2, 0.25) is 0 Å². The minimum atomic E-state index is -1.97. The number of likely N-dealkylation sites (N-methyl/N-ethyl adjacent to an activating group) is 1. The second-order valence-electron chi connectivity index (χ2n) is 9.10. The lowest BCUT2D eigenvalue weighted by Gasteiger charge is -2.33. The minimum absolute atomic E-state index is 0.374. The Morgan fingerprint density at radius 2 is 1.69 bits per heavy atom. The highest BCUT2D eigenvalue weighted by Gasteiger charge is 2.55. The summed E-state index contributed by atoms with van der Waals surface area (Å²) in [6.07, 6.45) is -0.823. The Balaban J connectivity index is 2.03. The lowest BCUT2D eigenvalue weighted by atomic mass is 9.99. The minimum Gasteiger partial charge on any atom is -0.497 e. The molecule has 172 valence electrons. The summed E-state index contributed by atoms with van der Waals surface area (Å²) < 4.78 is 10.7. The van der Waals surface area contributed by atoms with E-state index in [4.69, 9.17) is 19.2 Å². The molecule has 0 fully saturated rings. The zero-order valence-electron chi connectivity index (χ0n) is 19.5. The number of anilines is 1. The van der Waals surface area contributed by atoms with Crippen molar-refractivity contribution in [3.8, 4) is 5.75 Å². The number of fused-ring (bicyclic) bond motifs is 1. The van der Waals surface area contributed by atoms with Gasteiger partial charge in [-0.1, -0.05) is 30.3 Å². The number of nitrogens with zero attached hydrogens (tertiary/aromatic N) is 1. The second kappa shape index (κ2) is 8.44. The molecule has 32 heavy (non-hydrogen) atoms. The zero-order chi connectivity index (χ0) is 23.7. The van der Waals surface area contributed by atoms with E-state index in [1.54, 1.807) is 59.9 Å². The summed E-state index contributed by atoms with van der Waals surface area (Å²) in [5.41, 5.74) is -1.92. The first-order valence-corrected chi connectivity index (χ1v) is 10.3. The monoisotopic (exact) mass is 442 g/mol. The lowest BCUT2D eigenvalue weighted by Crippen LogP contribution is -2.56. The number of ether oxygens (including phenoxy) is 2. The summed E-state index contributed by atoms with van der Waals surface area (Å²) in [6, 6.07) is 14.5. The number of rotatable bonds is 6. The fourth-order valence-electron chi connectivity index (χ4n) is 3.40. The molecule has 8 heteroatoms. The highest BCUT2D eigenvalue weighted by molar-refractivity contribution is 6.07. The molecule has 0 aromatic heterocycles. The van der Waals surface area contributed by atoms with Crippen LogP contribution in [0.3, 0.4) is 0 Å². The van der Waals surface area contributed by atoms with Gasteiger partial charge < -0.3 is 14.4 Å². The van der Waals surface area contributed by atoms with Crippen molar-refractivity contribution in [2.75, 3.05) is 19.1 Å². The van der Waals surface area contributed by atoms with Gasteiger partial charge in [-0.3, -0.25) is 10.1 Å². The Labute approximate surface area is 188 Å². The lowest BCUT2D eigenvalue weighted by molar-refractivity contribution is -0.409. The number of carbonyl (C=O) groups is 2. The molecule has 1 heterocycles. The Hall–Kier alpha value is -3.10. The molecule has 2 aromatic rings. The molecule has 2 aromatic carbocycles. The maximum absolute atomic E-state index is 13.4. The number of methoxy groups -OCH3 is 1. The van der Waals surface area contributed by atoms with Crippen LogP contribution in [0.1, 0.15) is 45.7 Å². The van der Waals surface area contributed by atoms with Gasteiger partial charge in [0.25, 0.3) is 11.6 Å². The number of hydrogen-bond acceptors (Lipinski definition) is 6. The predicted octanol–water partition coefficient (Wildman–Crippen LogP) is 4.23. The molecule has 1 N–H and O–H groups in total. The number of carbonyl (C=O) groups excluding carboxylic acids is 2. The molecule has 8 nitrogen and oxygen atoms in total. The predicted molar refractivity (Wildman–Crippen MR) is 119 cm³/mol. The highest BCUT2D eigenvalue weighted by atomic mass is 17.2. The normalized spacial score (nSPS) is 18.3. The Morgan fingerprint density at radius 1 is 1.03 bits per heavy atom. The Morgan fingerprint density at radius 3 is 2.28 bits per heavy atom. The smallest absolute Gasteiger partial charge is 0.410 e. The van der Waals surface area contributed by atoms with Gasteiger partial charge in [-0.05, 0) is 58.4 Å². The van der Waals surface area contributed by atoms with E-state index < -0.39 is 28.9 Å². The summed E-state index contributed by atoms with van der Waals surface area (Å²) >= 11 is 0. The maximum Gasteiger partial charge on any atom is 0.410 e. The molecule has 0 unspecified atom stereocenters. The van der Waals surface area contributed by atoms with Crippen molar-refractivity contribution in [2.24, 2.45) is 0 Å². The Bertz CT molecular complexity index is 999. The number of hydrogen-bond donors (Lipinski definition) is 1. The molecule has 0 saturated heterocycles. The van der Waals surface area contributed by atoms with Crippen molar-refractivity contribution in [3.63, 3.8) is 0 Å². The molecule has 0 radical (unpaired) electrons. The molecular weight excluding hydrogens is 412 g/mol. The number of nitrogens with one attached hydrogen (secondary N) is 1. The third-order valence-corrected chi connectivity index (χ3v) is 5.07. The summed E-state index contributed by atoms with van der Waals surface area (Å²) in [6.45, 7) is 8.80. The number of alkyl carbamates (subject to hydrolysis) is 1. The van der Waals surface area contributed by atoms with E-state index >= 15 is 0 Å². The summed E-state index contributed by atoms with van der Waals surface area (Å²) in [5, 5.41) is 2.61. The molecule has 0 aliphatic carbocycles. The van der Waals surface area contributed by atoms with Gasteiger partial charge in [0.05, 0.1) is 12.8 Å². The highest BCUT2D eigenvalue weighted by Crippen LogP contribution is 2.43. The van der Waals surface area contributed by atoms with E-state index in [1.807, 2.05) is 30.3 Å². The summed E-state index contributed by atoms with van der Waals surface area (Å²) in [5.74, 6) is -0.0383. The van der Waals surface area contributed by atoms with Crippen LogP contribution in [0.15, 0.2) is 48.5 Å². The molecule has 0 bridgehead atoms. The summed E-state index contributed by atoms with van der Waals surface area (Å²) in [7, 11) is 3.11. The molecule has 1 aliphatic rings. The molecule has 0 saturated carbocycles. The molecule has 1 aliphatic heterocycles. The fourth-order valence-corrected chi connectivity index (χ4v) is 3.40. The van der Waals surface area contributed by atoms with E-state index in [0.717, 1.165) is 5.56 Å². The zero-order valence-corrected chi connectivity index (χ0v) is 19.5. The second-order valence-corrected chi connectivity index (χ2v) is 9.10. The molecule has 2 amide bonds. The van der Waals surface area contributed by atoms with Crippen LogP contribution in [0, 0.1) is 0 Å². The van der Waals surface area contributed by atoms with Crippen LogP contribution in [-0.4, -0.2) is 31.8 Å². The molecule has 3 rings (SSSR count). The first-order valence-electron chi connectivity index (χ1n) is 10.3. The quantitative estimate of drug-likeness (QED) is 0.409. The van der Waals surface area contributed by atoms with Crippen LogP contribution in [0.4, 0.5) is 10.5 Å². The van der Waals surface area contributed by atoms with Gasteiger partial charge >= 0.3 is 6.09 Å². The van der Waals surface area contributed by atoms with Crippen LogP contribution in [0.5, 0.6) is 5.75 Å². The fraction of sp³-hybridized carbons (Fsp3) is 0.417. The van der Waals surface area contributed by atoms with Gasteiger partial charge in [0, 0.05) is 12.6 Å². The van der Waals surface area contributed by atoms with E-state index in [9.17, 15) is 9.59 Å². The van der Waals surface area contributed by atoms with E-state index in [1.165, 1.54) is 12.0 Å². The molecular formula is C24H30N2O6. The first-order chi connectivity index (χ1) is 14.9. The van der Waals surface area contributed by atoms with Crippen molar-refractivity contribution in [3.05, 3.63) is 59.7 Å². The largest absolute Gasteiger partial charge is 0.497 e. The van der Waals surface area contributed by atoms with Crippen molar-refractivity contribution >= 4 is 17.7 Å². The molecule has 1 atom stereocenters. The first kappa shape index (κ1) is 23.6. The van der Waals surface area contributed by atoms with Gasteiger partial charge in [0.1, 0.15) is 17.0 Å². The van der Waals surface area contributed by atoms with Crippen LogP contribution >= 0.6 is 0 Å². The third kappa shape index (κ3) is 4.56. The van der Waals surface area contributed by atoms with Crippen molar-refractivity contribution in [1.29, 1.82) is 0 Å². The Kier molecular flexibility index (Phi) is 6.22. The SMILES string of the molecule is COc1ccc2c(c1)[C@](NC(=O)OC(C)(C)C)(OOC(C)(C)c1ccccc1)C(=O)N2C. The average Bonchev–Trinajstić information content (AvgIpc) is 2.93. The van der Waals surface area contributed by atoms with Crippen molar-refractivity contribution < 1.29 is 28.8 Å². The van der Waals surface area contributed by atoms with E-state index in [-0.39, 0.29) is 0 Å². The van der Waals surface area contributed by atoms with Crippen LogP contribution in [-0.2, 0) is 30.6 Å². The topological polar surface area (TPSA) is 86.3 Å². The van der Waals surface area contributed by atoms with E-state index in [2.05, 4.69) is 5.32 Å². The van der Waals surface area contributed by atoms with E-state index in [0.29, 0.717) is 17.0 Å². The van der Waals surface area contributed by atoms with Gasteiger partial charge in [-0.15, -0.1) is 0 Å². The van der Waals surface area contributed by atoms with Gasteiger partial charge in [0.15, 0.2) is 0 Å². The average molecular weight is 443 g/mol. The maximum atomic E-state index is 13.4. The van der Waals surface area contributed by atoms with Gasteiger partial charge in [-0.2, -0.15) is 4.89 Å². The van der Waals surface area contributed by atoms with Crippen molar-refractivity contribution in [1.82, 2.24) is 5.32 Å². The number of benzene rings is 2.